The van der Waals surface area contributed by atoms with Gasteiger partial charge in [0.05, 0.1) is 17.1 Å². The second-order valence-corrected chi connectivity index (χ2v) is 9.16. The molecule has 7 nitrogen and oxygen atoms in total. The van der Waals surface area contributed by atoms with Crippen LogP contribution in [0.3, 0.4) is 0 Å². The molecule has 32 heavy (non-hydrogen) atoms. The van der Waals surface area contributed by atoms with Gasteiger partial charge in [-0.2, -0.15) is 0 Å². The normalized spacial score (nSPS) is 14.3. The summed E-state index contributed by atoms with van der Waals surface area (Å²) in [5.41, 5.74) is 2.68. The largest absolute Gasteiger partial charge is 0.411 e. The number of para-hydroxylation sites is 2. The molecule has 1 amide bonds. The van der Waals surface area contributed by atoms with Gasteiger partial charge in [0, 0.05) is 42.8 Å². The first kappa shape index (κ1) is 22.6. The van der Waals surface area contributed by atoms with Crippen molar-refractivity contribution in [1.29, 1.82) is 0 Å². The molecule has 1 N–H and O–H groups in total. The zero-order chi connectivity index (χ0) is 22.3. The average Bonchev–Trinajstić information content (AvgIpc) is 3.28. The van der Waals surface area contributed by atoms with Crippen LogP contribution in [0.2, 0.25) is 0 Å². The number of rotatable bonds is 8. The van der Waals surface area contributed by atoms with Gasteiger partial charge in [-0.15, -0.1) is 16.8 Å². The van der Waals surface area contributed by atoms with Crippen molar-refractivity contribution >= 4 is 45.0 Å². The SMILES string of the molecule is C=CCN1CCN(c2ccccc2NC(=O)CSc2nnc(-c3cccc(Br)c3)o2)CC1. The van der Waals surface area contributed by atoms with E-state index in [1.165, 1.54) is 11.8 Å². The first-order valence-electron chi connectivity index (χ1n) is 10.3. The minimum atomic E-state index is -0.116. The Labute approximate surface area is 200 Å². The molecule has 1 aromatic heterocycles. The van der Waals surface area contributed by atoms with E-state index in [-0.39, 0.29) is 11.7 Å². The Hall–Kier alpha value is -2.62. The molecular weight excluding hydrogens is 490 g/mol. The molecule has 0 bridgehead atoms. The van der Waals surface area contributed by atoms with Crippen LogP contribution < -0.4 is 10.2 Å². The van der Waals surface area contributed by atoms with Gasteiger partial charge in [0.1, 0.15) is 0 Å². The van der Waals surface area contributed by atoms with Crippen LogP contribution >= 0.6 is 27.7 Å². The molecular formula is C23H24BrN5O2S. The number of piperazine rings is 1. The van der Waals surface area contributed by atoms with Crippen LogP contribution in [-0.2, 0) is 4.79 Å². The number of hydrogen-bond acceptors (Lipinski definition) is 7. The van der Waals surface area contributed by atoms with E-state index < -0.39 is 0 Å². The molecule has 2 aromatic carbocycles. The summed E-state index contributed by atoms with van der Waals surface area (Å²) in [6.07, 6.45) is 1.94. The summed E-state index contributed by atoms with van der Waals surface area (Å²) in [4.78, 5) is 17.3. The Morgan fingerprint density at radius 1 is 1.16 bits per heavy atom. The van der Waals surface area contributed by atoms with Crippen molar-refractivity contribution in [2.24, 2.45) is 0 Å². The lowest BCUT2D eigenvalue weighted by Crippen LogP contribution is -2.46. The Morgan fingerprint density at radius 3 is 2.75 bits per heavy atom. The predicted octanol–water partition coefficient (Wildman–Crippen LogP) is 4.54. The van der Waals surface area contributed by atoms with Gasteiger partial charge in [-0.25, -0.2) is 0 Å². The quantitative estimate of drug-likeness (QED) is 0.350. The molecule has 4 rings (SSSR count). The fraction of sp³-hybridized carbons (Fsp3) is 0.261. The molecule has 2 heterocycles. The molecule has 0 saturated carbocycles. The van der Waals surface area contributed by atoms with Crippen molar-refractivity contribution in [2.45, 2.75) is 5.22 Å². The maximum atomic E-state index is 12.6. The third kappa shape index (κ3) is 5.79. The minimum Gasteiger partial charge on any atom is -0.411 e. The summed E-state index contributed by atoms with van der Waals surface area (Å²) < 4.78 is 6.63. The number of thioether (sulfide) groups is 1. The number of carbonyl (C=O) groups is 1. The van der Waals surface area contributed by atoms with E-state index in [1.54, 1.807) is 0 Å². The van der Waals surface area contributed by atoms with Crippen molar-refractivity contribution in [3.63, 3.8) is 0 Å². The van der Waals surface area contributed by atoms with Crippen molar-refractivity contribution in [3.05, 3.63) is 65.7 Å². The Bertz CT molecular complexity index is 1080. The number of benzene rings is 2. The van der Waals surface area contributed by atoms with Crippen molar-refractivity contribution in [2.75, 3.05) is 48.7 Å². The number of amides is 1. The summed E-state index contributed by atoms with van der Waals surface area (Å²) in [5, 5.41) is 11.5. The third-order valence-corrected chi connectivity index (χ3v) is 6.39. The highest BCUT2D eigenvalue weighted by molar-refractivity contribution is 9.10. The summed E-state index contributed by atoms with van der Waals surface area (Å²) >= 11 is 4.66. The highest BCUT2D eigenvalue weighted by atomic mass is 79.9. The number of aromatic nitrogens is 2. The van der Waals surface area contributed by atoms with Gasteiger partial charge in [-0.05, 0) is 30.3 Å². The molecule has 3 aromatic rings. The van der Waals surface area contributed by atoms with Gasteiger partial charge in [-0.1, -0.05) is 52.0 Å². The van der Waals surface area contributed by atoms with E-state index in [0.717, 1.165) is 54.1 Å². The van der Waals surface area contributed by atoms with E-state index >= 15 is 0 Å². The monoisotopic (exact) mass is 513 g/mol. The molecule has 0 atom stereocenters. The standard InChI is InChI=1S/C23H24BrN5O2S/c1-2-10-28-11-13-29(14-12-28)20-9-4-3-8-19(20)25-21(30)16-32-23-27-26-22(31-23)17-6-5-7-18(24)15-17/h2-9,15H,1,10-14,16H2,(H,25,30). The lowest BCUT2D eigenvalue weighted by molar-refractivity contribution is -0.113. The van der Waals surface area contributed by atoms with Crippen molar-refractivity contribution in [1.82, 2.24) is 15.1 Å². The van der Waals surface area contributed by atoms with Crippen LogP contribution in [0.4, 0.5) is 11.4 Å². The van der Waals surface area contributed by atoms with Gasteiger partial charge in [0.15, 0.2) is 0 Å². The highest BCUT2D eigenvalue weighted by Crippen LogP contribution is 2.28. The average molecular weight is 514 g/mol. The van der Waals surface area contributed by atoms with Crippen LogP contribution in [0.5, 0.6) is 0 Å². The van der Waals surface area contributed by atoms with E-state index in [9.17, 15) is 4.79 Å². The Kier molecular flexibility index (Phi) is 7.62. The molecule has 9 heteroatoms. The van der Waals surface area contributed by atoms with Gasteiger partial charge in [0.2, 0.25) is 11.8 Å². The maximum Gasteiger partial charge on any atom is 0.277 e. The molecule has 0 radical (unpaired) electrons. The fourth-order valence-electron chi connectivity index (χ4n) is 3.53. The zero-order valence-electron chi connectivity index (χ0n) is 17.5. The van der Waals surface area contributed by atoms with Gasteiger partial charge in [0.25, 0.3) is 5.22 Å². The second-order valence-electron chi connectivity index (χ2n) is 7.31. The number of nitrogens with zero attached hydrogens (tertiary/aromatic N) is 4. The highest BCUT2D eigenvalue weighted by Gasteiger charge is 2.19. The first-order chi connectivity index (χ1) is 15.6. The van der Waals surface area contributed by atoms with Gasteiger partial charge in [-0.3, -0.25) is 9.69 Å². The molecule has 0 spiro atoms. The van der Waals surface area contributed by atoms with Crippen LogP contribution in [0.15, 0.2) is 75.3 Å². The topological polar surface area (TPSA) is 74.5 Å². The van der Waals surface area contributed by atoms with Crippen LogP contribution in [0.25, 0.3) is 11.5 Å². The number of hydrogen-bond donors (Lipinski definition) is 1. The predicted molar refractivity (Wildman–Crippen MR) is 132 cm³/mol. The number of halogens is 1. The summed E-state index contributed by atoms with van der Waals surface area (Å²) in [5.74, 6) is 0.492. The smallest absolute Gasteiger partial charge is 0.277 e. The van der Waals surface area contributed by atoms with E-state index in [0.29, 0.717) is 11.1 Å². The van der Waals surface area contributed by atoms with E-state index in [4.69, 9.17) is 4.42 Å². The molecule has 0 unspecified atom stereocenters. The Balaban J connectivity index is 1.34. The van der Waals surface area contributed by atoms with Crippen LogP contribution in [-0.4, -0.2) is 59.5 Å². The van der Waals surface area contributed by atoms with Crippen LogP contribution in [0.1, 0.15) is 0 Å². The van der Waals surface area contributed by atoms with Crippen LogP contribution in [0, 0.1) is 0 Å². The summed E-state index contributed by atoms with van der Waals surface area (Å²) in [7, 11) is 0. The van der Waals surface area contributed by atoms with Crippen molar-refractivity contribution in [3.8, 4) is 11.5 Å². The summed E-state index contributed by atoms with van der Waals surface area (Å²) in [6.45, 7) is 8.49. The van der Waals surface area contributed by atoms with Crippen molar-refractivity contribution < 1.29 is 9.21 Å². The summed E-state index contributed by atoms with van der Waals surface area (Å²) in [6, 6.07) is 15.6. The molecule has 1 saturated heterocycles. The zero-order valence-corrected chi connectivity index (χ0v) is 19.9. The van der Waals surface area contributed by atoms with Gasteiger partial charge >= 0.3 is 0 Å². The molecule has 0 aliphatic carbocycles. The Morgan fingerprint density at radius 2 is 1.97 bits per heavy atom. The lowest BCUT2D eigenvalue weighted by Gasteiger charge is -2.36. The number of nitrogens with one attached hydrogen (secondary N) is 1. The third-order valence-electron chi connectivity index (χ3n) is 5.08. The maximum absolute atomic E-state index is 12.6. The molecule has 1 aliphatic heterocycles. The fourth-order valence-corrected chi connectivity index (χ4v) is 4.49. The van der Waals surface area contributed by atoms with Gasteiger partial charge < -0.3 is 14.6 Å². The molecule has 1 aliphatic rings. The molecule has 1 fully saturated rings. The number of anilines is 2. The number of carbonyl (C=O) groups excluding carboxylic acids is 1. The minimum absolute atomic E-state index is 0.116. The van der Waals surface area contributed by atoms with E-state index in [1.807, 2.05) is 54.6 Å². The first-order valence-corrected chi connectivity index (χ1v) is 12.1. The van der Waals surface area contributed by atoms with E-state index in [2.05, 4.69) is 47.8 Å². The molecule has 166 valence electrons. The lowest BCUT2D eigenvalue weighted by atomic mass is 10.2. The second kappa shape index (κ2) is 10.8.